The highest BCUT2D eigenvalue weighted by Crippen LogP contribution is 2.29. The third-order valence-corrected chi connectivity index (χ3v) is 6.85. The number of likely N-dealkylation sites (tertiary alicyclic amines) is 2. The Bertz CT molecular complexity index is 533. The van der Waals surface area contributed by atoms with Crippen LogP contribution in [0, 0.1) is 11.8 Å². The first-order valence-corrected chi connectivity index (χ1v) is 11.3. The maximum Gasteiger partial charge on any atom is 0.232 e. The van der Waals surface area contributed by atoms with E-state index in [0.717, 1.165) is 19.1 Å². The van der Waals surface area contributed by atoms with Crippen LogP contribution in [-0.4, -0.2) is 62.1 Å². The molecule has 3 rings (SSSR count). The van der Waals surface area contributed by atoms with Crippen LogP contribution in [0.2, 0.25) is 0 Å². The second-order valence-electron chi connectivity index (χ2n) is 7.52. The molecule has 5 nitrogen and oxygen atoms in total. The minimum Gasteiger partial charge on any atom is -0.342 e. The van der Waals surface area contributed by atoms with E-state index in [2.05, 4.69) is 4.90 Å². The van der Waals surface area contributed by atoms with E-state index in [4.69, 9.17) is 10.7 Å². The van der Waals surface area contributed by atoms with Crippen molar-refractivity contribution in [2.45, 2.75) is 51.0 Å². The summed E-state index contributed by atoms with van der Waals surface area (Å²) in [5, 5.41) is 0. The van der Waals surface area contributed by atoms with Crippen LogP contribution < -0.4 is 0 Å². The molecule has 0 aromatic rings. The quantitative estimate of drug-likeness (QED) is 0.702. The Balaban J connectivity index is 1.51. The van der Waals surface area contributed by atoms with Crippen molar-refractivity contribution in [1.82, 2.24) is 9.80 Å². The summed E-state index contributed by atoms with van der Waals surface area (Å²) in [4.78, 5) is 16.7. The van der Waals surface area contributed by atoms with Gasteiger partial charge < -0.3 is 9.80 Å². The molecule has 23 heavy (non-hydrogen) atoms. The fourth-order valence-electron chi connectivity index (χ4n) is 4.58. The molecule has 0 aromatic heterocycles. The molecule has 2 atom stereocenters. The highest BCUT2D eigenvalue weighted by molar-refractivity contribution is 8.13. The minimum atomic E-state index is -3.52. The molecule has 0 N–H and O–H groups in total. The van der Waals surface area contributed by atoms with Crippen LogP contribution in [0.15, 0.2) is 0 Å². The second-order valence-corrected chi connectivity index (χ2v) is 10.3. The molecule has 7 heteroatoms. The number of carbonyl (C=O) groups excluding carboxylic acids is 1. The first-order chi connectivity index (χ1) is 10.9. The van der Waals surface area contributed by atoms with Gasteiger partial charge in [0.2, 0.25) is 15.0 Å². The van der Waals surface area contributed by atoms with Crippen molar-refractivity contribution in [3.05, 3.63) is 0 Å². The van der Waals surface area contributed by atoms with Crippen molar-refractivity contribution in [2.75, 3.05) is 31.9 Å². The Morgan fingerprint density at radius 2 is 1.78 bits per heavy atom. The van der Waals surface area contributed by atoms with E-state index in [-0.39, 0.29) is 17.6 Å². The summed E-state index contributed by atoms with van der Waals surface area (Å²) in [6, 6.07) is 0.751. The maximum absolute atomic E-state index is 12.2. The van der Waals surface area contributed by atoms with Crippen LogP contribution in [0.25, 0.3) is 0 Å². The lowest BCUT2D eigenvalue weighted by Crippen LogP contribution is -2.45. The summed E-state index contributed by atoms with van der Waals surface area (Å²) < 4.78 is 22.4. The van der Waals surface area contributed by atoms with Gasteiger partial charge in [-0.25, -0.2) is 8.42 Å². The Kier molecular flexibility index (Phi) is 5.53. The summed E-state index contributed by atoms with van der Waals surface area (Å²) in [5.74, 6) is 0.392. The maximum atomic E-state index is 12.2. The van der Waals surface area contributed by atoms with E-state index in [1.54, 1.807) is 0 Å². The van der Waals surface area contributed by atoms with Crippen molar-refractivity contribution in [3.63, 3.8) is 0 Å². The zero-order chi connectivity index (χ0) is 16.4. The van der Waals surface area contributed by atoms with Crippen LogP contribution in [0.1, 0.15) is 44.9 Å². The molecule has 0 bridgehead atoms. The van der Waals surface area contributed by atoms with Crippen LogP contribution in [0.3, 0.4) is 0 Å². The van der Waals surface area contributed by atoms with E-state index in [9.17, 15) is 13.2 Å². The molecule has 132 valence electrons. The first kappa shape index (κ1) is 17.5. The normalized spacial score (nSPS) is 31.2. The molecule has 0 spiro atoms. The van der Waals surface area contributed by atoms with Gasteiger partial charge in [0.25, 0.3) is 0 Å². The number of piperidine rings is 1. The van der Waals surface area contributed by atoms with Gasteiger partial charge >= 0.3 is 0 Å². The van der Waals surface area contributed by atoms with Crippen molar-refractivity contribution in [2.24, 2.45) is 11.8 Å². The molecular weight excluding hydrogens is 336 g/mol. The smallest absolute Gasteiger partial charge is 0.232 e. The van der Waals surface area contributed by atoms with E-state index in [0.29, 0.717) is 18.9 Å². The van der Waals surface area contributed by atoms with E-state index in [1.165, 1.54) is 45.1 Å². The van der Waals surface area contributed by atoms with Gasteiger partial charge in [0.1, 0.15) is 0 Å². The first-order valence-electron chi connectivity index (χ1n) is 8.85. The Morgan fingerprint density at radius 3 is 2.48 bits per heavy atom. The minimum absolute atomic E-state index is 0.0876. The number of nitrogens with zero attached hydrogens (tertiary/aromatic N) is 2. The van der Waals surface area contributed by atoms with Gasteiger partial charge in [0.05, 0.1) is 5.75 Å². The lowest BCUT2D eigenvalue weighted by atomic mass is 9.95. The van der Waals surface area contributed by atoms with Crippen LogP contribution in [0.5, 0.6) is 0 Å². The topological polar surface area (TPSA) is 57.7 Å². The lowest BCUT2D eigenvalue weighted by molar-refractivity contribution is -0.128. The molecule has 0 aromatic carbocycles. The monoisotopic (exact) mass is 362 g/mol. The molecular formula is C16H27ClN2O3S. The summed E-state index contributed by atoms with van der Waals surface area (Å²) in [6.07, 6.45) is 8.06. The van der Waals surface area contributed by atoms with Crippen LogP contribution in [-0.2, 0) is 13.8 Å². The number of hydrogen-bond donors (Lipinski definition) is 0. The molecule has 0 radical (unpaired) electrons. The van der Waals surface area contributed by atoms with Gasteiger partial charge in [-0.1, -0.05) is 12.8 Å². The summed E-state index contributed by atoms with van der Waals surface area (Å²) in [6.45, 7) is 3.61. The molecule has 1 aliphatic carbocycles. The molecule has 3 fully saturated rings. The standard InChI is InChI=1S/C16H27ClN2O3S/c17-23(21,22)12-14-8-16(20)19(11-14)10-13-4-3-7-18(9-13)15-5-1-2-6-15/h13-15H,1-12H2. The van der Waals surface area contributed by atoms with Gasteiger partial charge in [0.15, 0.2) is 0 Å². The molecule has 2 saturated heterocycles. The Labute approximate surface area is 143 Å². The molecule has 2 unspecified atom stereocenters. The average molecular weight is 363 g/mol. The number of rotatable bonds is 5. The van der Waals surface area contributed by atoms with Crippen LogP contribution >= 0.6 is 10.7 Å². The Hall–Kier alpha value is -0.330. The van der Waals surface area contributed by atoms with E-state index in [1.807, 2.05) is 4.90 Å². The van der Waals surface area contributed by atoms with Crippen LogP contribution in [0.4, 0.5) is 0 Å². The van der Waals surface area contributed by atoms with Crippen molar-refractivity contribution in [3.8, 4) is 0 Å². The average Bonchev–Trinajstić information content (AvgIpc) is 3.08. The summed E-state index contributed by atoms with van der Waals surface area (Å²) >= 11 is 0. The molecule has 2 aliphatic heterocycles. The number of hydrogen-bond acceptors (Lipinski definition) is 4. The van der Waals surface area contributed by atoms with Gasteiger partial charge in [0, 0.05) is 48.7 Å². The highest BCUT2D eigenvalue weighted by atomic mass is 35.7. The van der Waals surface area contributed by atoms with Gasteiger partial charge in [-0.3, -0.25) is 4.79 Å². The fourth-order valence-corrected chi connectivity index (χ4v) is 5.90. The SMILES string of the molecule is O=C1CC(CS(=O)(=O)Cl)CN1CC1CCCN(C2CCCC2)C1. The highest BCUT2D eigenvalue weighted by Gasteiger charge is 2.35. The number of amides is 1. The van der Waals surface area contributed by atoms with Crippen molar-refractivity contribution in [1.29, 1.82) is 0 Å². The zero-order valence-electron chi connectivity index (χ0n) is 13.6. The van der Waals surface area contributed by atoms with Crippen molar-refractivity contribution >= 4 is 25.6 Å². The largest absolute Gasteiger partial charge is 0.342 e. The molecule has 1 amide bonds. The van der Waals surface area contributed by atoms with Gasteiger partial charge in [-0.2, -0.15) is 0 Å². The molecule has 2 heterocycles. The summed E-state index contributed by atoms with van der Waals surface area (Å²) in [7, 11) is 1.81. The van der Waals surface area contributed by atoms with E-state index < -0.39 is 9.05 Å². The number of halogens is 1. The zero-order valence-corrected chi connectivity index (χ0v) is 15.2. The van der Waals surface area contributed by atoms with Crippen molar-refractivity contribution < 1.29 is 13.2 Å². The lowest BCUT2D eigenvalue weighted by Gasteiger charge is -2.38. The predicted molar refractivity (Wildman–Crippen MR) is 90.9 cm³/mol. The third-order valence-electron chi connectivity index (χ3n) is 5.60. The molecule has 3 aliphatic rings. The second kappa shape index (κ2) is 7.28. The van der Waals surface area contributed by atoms with Gasteiger partial charge in [-0.05, 0) is 38.1 Å². The summed E-state index contributed by atoms with van der Waals surface area (Å²) in [5.41, 5.74) is 0. The fraction of sp³-hybridized carbons (Fsp3) is 0.938. The molecule has 1 saturated carbocycles. The Morgan fingerprint density at radius 1 is 1.04 bits per heavy atom. The van der Waals surface area contributed by atoms with Gasteiger partial charge in [-0.15, -0.1) is 0 Å². The predicted octanol–water partition coefficient (Wildman–Crippen LogP) is 2.06. The van der Waals surface area contributed by atoms with E-state index >= 15 is 0 Å². The third kappa shape index (κ3) is 4.83. The number of carbonyl (C=O) groups is 1.